The molecule has 0 unspecified atom stereocenters. The van der Waals surface area contributed by atoms with Crippen LogP contribution in [0, 0.1) is 6.92 Å². The summed E-state index contributed by atoms with van der Waals surface area (Å²) in [5, 5.41) is 9.84. The number of aromatic hydroxyl groups is 1. The van der Waals surface area contributed by atoms with E-state index in [2.05, 4.69) is 4.72 Å². The van der Waals surface area contributed by atoms with E-state index in [0.29, 0.717) is 18.7 Å². The third kappa shape index (κ3) is 2.94. The number of benzene rings is 2. The highest BCUT2D eigenvalue weighted by Crippen LogP contribution is 2.32. The van der Waals surface area contributed by atoms with Crippen LogP contribution < -0.4 is 9.62 Å². The lowest BCUT2D eigenvalue weighted by molar-refractivity contribution is -0.116. The number of fused-ring (bicyclic) bond motifs is 1. The van der Waals surface area contributed by atoms with Crippen molar-refractivity contribution in [2.75, 3.05) is 16.2 Å². The number of phenols is 1. The highest BCUT2D eigenvalue weighted by Gasteiger charge is 2.24. The highest BCUT2D eigenvalue weighted by atomic mass is 32.2. The predicted octanol–water partition coefficient (Wildman–Crippen LogP) is 2.41. The zero-order valence-electron chi connectivity index (χ0n) is 13.4. The molecule has 2 aromatic carbocycles. The van der Waals surface area contributed by atoms with Crippen molar-refractivity contribution in [3.63, 3.8) is 0 Å². The molecule has 1 amide bonds. The van der Waals surface area contributed by atoms with E-state index in [1.54, 1.807) is 36.1 Å². The molecule has 0 aromatic heterocycles. The first-order valence-electron chi connectivity index (χ1n) is 7.51. The fourth-order valence-corrected chi connectivity index (χ4v) is 4.07. The van der Waals surface area contributed by atoms with Crippen LogP contribution in [0.15, 0.2) is 41.3 Å². The van der Waals surface area contributed by atoms with E-state index >= 15 is 0 Å². The maximum absolute atomic E-state index is 12.5. The standard InChI is InChI=1S/C17H18N2O4S/c1-11-3-6-16(21)17(9-11)24(22,23)18-14-4-5-15-13(10-14)7-8-19(15)12(2)20/h3-6,9-10,18,21H,7-8H2,1-2H3. The smallest absolute Gasteiger partial charge is 0.265 e. The van der Waals surface area contributed by atoms with Crippen molar-refractivity contribution in [2.45, 2.75) is 25.2 Å². The lowest BCUT2D eigenvalue weighted by Gasteiger charge is -2.15. The summed E-state index contributed by atoms with van der Waals surface area (Å²) in [7, 11) is -3.89. The summed E-state index contributed by atoms with van der Waals surface area (Å²) in [4.78, 5) is 13.1. The molecule has 0 aliphatic carbocycles. The Labute approximate surface area is 140 Å². The average molecular weight is 346 g/mol. The fourth-order valence-electron chi connectivity index (χ4n) is 2.84. The lowest BCUT2D eigenvalue weighted by atomic mass is 10.1. The SMILES string of the molecule is CC(=O)N1CCc2cc(NS(=O)(=O)c3cc(C)ccc3O)ccc21. The number of nitrogens with one attached hydrogen (secondary N) is 1. The number of nitrogens with zero attached hydrogens (tertiary/aromatic N) is 1. The van der Waals surface area contributed by atoms with E-state index in [0.717, 1.165) is 16.8 Å². The van der Waals surface area contributed by atoms with Gasteiger partial charge in [0.1, 0.15) is 10.6 Å². The third-order valence-electron chi connectivity index (χ3n) is 4.01. The van der Waals surface area contributed by atoms with Crippen LogP contribution in [0.5, 0.6) is 5.75 Å². The lowest BCUT2D eigenvalue weighted by Crippen LogP contribution is -2.25. The van der Waals surface area contributed by atoms with Crippen molar-refractivity contribution in [1.29, 1.82) is 0 Å². The number of carbonyl (C=O) groups excluding carboxylic acids is 1. The first kappa shape index (κ1) is 16.3. The van der Waals surface area contributed by atoms with Gasteiger partial charge in [-0.05, 0) is 54.8 Å². The van der Waals surface area contributed by atoms with Crippen LogP contribution in [-0.4, -0.2) is 26.0 Å². The first-order valence-corrected chi connectivity index (χ1v) is 9.00. The van der Waals surface area contributed by atoms with E-state index in [-0.39, 0.29) is 16.6 Å². The molecule has 2 N–H and O–H groups in total. The van der Waals surface area contributed by atoms with E-state index in [1.807, 2.05) is 0 Å². The van der Waals surface area contributed by atoms with E-state index < -0.39 is 10.0 Å². The van der Waals surface area contributed by atoms with Crippen molar-refractivity contribution >= 4 is 27.3 Å². The molecule has 0 atom stereocenters. The van der Waals surface area contributed by atoms with Gasteiger partial charge in [-0.25, -0.2) is 8.42 Å². The van der Waals surface area contributed by atoms with Crippen LogP contribution in [0.3, 0.4) is 0 Å². The van der Waals surface area contributed by atoms with Gasteiger partial charge >= 0.3 is 0 Å². The molecule has 6 nitrogen and oxygen atoms in total. The van der Waals surface area contributed by atoms with Crippen LogP contribution in [0.2, 0.25) is 0 Å². The van der Waals surface area contributed by atoms with Gasteiger partial charge in [0.05, 0.1) is 0 Å². The van der Waals surface area contributed by atoms with Gasteiger partial charge in [-0.2, -0.15) is 0 Å². The van der Waals surface area contributed by atoms with Gasteiger partial charge in [-0.3, -0.25) is 9.52 Å². The van der Waals surface area contributed by atoms with E-state index in [1.165, 1.54) is 19.1 Å². The normalized spacial score (nSPS) is 13.7. The molecule has 0 saturated carbocycles. The molecule has 1 heterocycles. The molecule has 24 heavy (non-hydrogen) atoms. The molecule has 0 bridgehead atoms. The molecule has 0 spiro atoms. The second-order valence-corrected chi connectivity index (χ2v) is 7.49. The van der Waals surface area contributed by atoms with Gasteiger partial charge in [0.2, 0.25) is 5.91 Å². The van der Waals surface area contributed by atoms with Crippen LogP contribution in [0.25, 0.3) is 0 Å². The largest absolute Gasteiger partial charge is 0.507 e. The number of carbonyl (C=O) groups is 1. The van der Waals surface area contributed by atoms with Crippen molar-refractivity contribution in [2.24, 2.45) is 0 Å². The summed E-state index contributed by atoms with van der Waals surface area (Å²) in [6, 6.07) is 9.49. The molecule has 7 heteroatoms. The minimum Gasteiger partial charge on any atom is -0.507 e. The Morgan fingerprint density at radius 2 is 1.96 bits per heavy atom. The molecule has 1 aliphatic heterocycles. The summed E-state index contributed by atoms with van der Waals surface area (Å²) in [6.07, 6.45) is 0.681. The highest BCUT2D eigenvalue weighted by molar-refractivity contribution is 7.92. The number of anilines is 2. The molecular formula is C17H18N2O4S. The summed E-state index contributed by atoms with van der Waals surface area (Å²) in [5.74, 6) is -0.330. The Hall–Kier alpha value is -2.54. The van der Waals surface area contributed by atoms with E-state index in [4.69, 9.17) is 0 Å². The van der Waals surface area contributed by atoms with Gasteiger partial charge in [-0.15, -0.1) is 0 Å². The molecule has 126 valence electrons. The van der Waals surface area contributed by atoms with Crippen LogP contribution >= 0.6 is 0 Å². The predicted molar refractivity (Wildman–Crippen MR) is 91.8 cm³/mol. The number of sulfonamides is 1. The Morgan fingerprint density at radius 1 is 1.21 bits per heavy atom. The molecule has 2 aromatic rings. The zero-order valence-corrected chi connectivity index (χ0v) is 14.2. The first-order chi connectivity index (χ1) is 11.3. The maximum atomic E-state index is 12.5. The maximum Gasteiger partial charge on any atom is 0.265 e. The fraction of sp³-hybridized carbons (Fsp3) is 0.235. The molecule has 1 aliphatic rings. The summed E-state index contributed by atoms with van der Waals surface area (Å²) >= 11 is 0. The summed E-state index contributed by atoms with van der Waals surface area (Å²) in [5.41, 5.74) is 2.86. The van der Waals surface area contributed by atoms with Gasteiger partial charge in [0.15, 0.2) is 0 Å². The Balaban J connectivity index is 1.92. The van der Waals surface area contributed by atoms with Crippen molar-refractivity contribution in [3.8, 4) is 5.75 Å². The second-order valence-electron chi connectivity index (χ2n) is 5.84. The van der Waals surface area contributed by atoms with Crippen LogP contribution in [0.1, 0.15) is 18.1 Å². The summed E-state index contributed by atoms with van der Waals surface area (Å²) < 4.78 is 27.5. The number of phenolic OH excluding ortho intramolecular Hbond substituents is 1. The number of hydrogen-bond donors (Lipinski definition) is 2. The topological polar surface area (TPSA) is 86.7 Å². The Bertz CT molecular complexity index is 922. The number of aryl methyl sites for hydroxylation is 1. The van der Waals surface area contributed by atoms with Crippen molar-refractivity contribution in [3.05, 3.63) is 47.5 Å². The van der Waals surface area contributed by atoms with Crippen molar-refractivity contribution < 1.29 is 18.3 Å². The summed E-state index contributed by atoms with van der Waals surface area (Å²) in [6.45, 7) is 3.86. The number of amides is 1. The quantitative estimate of drug-likeness (QED) is 0.893. The minimum absolute atomic E-state index is 0.0354. The van der Waals surface area contributed by atoms with Gasteiger partial charge in [0, 0.05) is 24.8 Å². The van der Waals surface area contributed by atoms with Crippen LogP contribution in [0.4, 0.5) is 11.4 Å². The molecular weight excluding hydrogens is 328 g/mol. The van der Waals surface area contributed by atoms with Crippen LogP contribution in [-0.2, 0) is 21.2 Å². The third-order valence-corrected chi connectivity index (χ3v) is 5.42. The van der Waals surface area contributed by atoms with E-state index in [9.17, 15) is 18.3 Å². The van der Waals surface area contributed by atoms with Gasteiger partial charge in [0.25, 0.3) is 10.0 Å². The number of hydrogen-bond acceptors (Lipinski definition) is 4. The molecule has 0 saturated heterocycles. The minimum atomic E-state index is -3.89. The number of rotatable bonds is 3. The van der Waals surface area contributed by atoms with Gasteiger partial charge in [-0.1, -0.05) is 6.07 Å². The Kier molecular flexibility index (Phi) is 3.96. The van der Waals surface area contributed by atoms with Gasteiger partial charge < -0.3 is 10.0 Å². The monoisotopic (exact) mass is 346 g/mol. The second kappa shape index (κ2) is 5.83. The zero-order chi connectivity index (χ0) is 17.5. The molecule has 0 fully saturated rings. The molecule has 3 rings (SSSR count). The Morgan fingerprint density at radius 3 is 2.67 bits per heavy atom. The average Bonchev–Trinajstić information content (AvgIpc) is 2.92. The van der Waals surface area contributed by atoms with Crippen molar-refractivity contribution in [1.82, 2.24) is 0 Å². The molecule has 0 radical (unpaired) electrons.